The first-order valence-electron chi connectivity index (χ1n) is 9.73. The molecule has 0 saturated carbocycles. The number of aromatic nitrogens is 2. The Morgan fingerprint density at radius 2 is 1.53 bits per heavy atom. The van der Waals surface area contributed by atoms with Crippen molar-refractivity contribution < 1.29 is 19.4 Å². The normalized spacial score (nSPS) is 13.6. The van der Waals surface area contributed by atoms with E-state index in [1.54, 1.807) is 30.7 Å². The van der Waals surface area contributed by atoms with E-state index in [9.17, 15) is 25.0 Å². The van der Waals surface area contributed by atoms with Crippen LogP contribution in [0.3, 0.4) is 0 Å². The van der Waals surface area contributed by atoms with Crippen LogP contribution in [0.4, 0.5) is 27.7 Å². The second-order valence-corrected chi connectivity index (χ2v) is 7.26. The Morgan fingerprint density at radius 3 is 2.03 bits per heavy atom. The molecule has 2 heterocycles. The summed E-state index contributed by atoms with van der Waals surface area (Å²) in [7, 11) is 3.04. The third-order valence-electron chi connectivity index (χ3n) is 5.28. The van der Waals surface area contributed by atoms with Crippen LogP contribution in [0.2, 0.25) is 0 Å². The molecule has 0 radical (unpaired) electrons. The zero-order chi connectivity index (χ0) is 23.6. The molecule has 0 spiro atoms. The molecular formula is C19H23N7O6. The molecule has 0 N–H and O–H groups in total. The smallest absolute Gasteiger partial charge is 0.325 e. The number of nitro groups is 2. The van der Waals surface area contributed by atoms with Gasteiger partial charge >= 0.3 is 6.03 Å². The standard InChI is InChI=1S/C19H23N7O6/c1-12-13(2)21-18(32-4)17(20-12)22(3)19(27)24-7-5-23(6-8-24)14-9-15(25(28)29)11-16(10-14)26(30)31/h9-11H,5-8H2,1-4H3. The van der Waals surface area contributed by atoms with Gasteiger partial charge in [-0.1, -0.05) is 0 Å². The molecule has 0 atom stereocenters. The SMILES string of the molecule is COc1nc(C)c(C)nc1N(C)C(=O)N1CCN(c2cc([N+](=O)[O-])cc([N+](=O)[O-])c2)CC1. The van der Waals surface area contributed by atoms with Crippen LogP contribution in [-0.4, -0.2) is 71.1 Å². The number of hydrogen-bond donors (Lipinski definition) is 0. The Balaban J connectivity index is 1.75. The minimum absolute atomic E-state index is 0.242. The summed E-state index contributed by atoms with van der Waals surface area (Å²) in [5.41, 5.74) is 1.04. The summed E-state index contributed by atoms with van der Waals surface area (Å²) in [5, 5.41) is 22.3. The highest BCUT2D eigenvalue weighted by Gasteiger charge is 2.28. The number of anilines is 2. The molecule has 0 unspecified atom stereocenters. The van der Waals surface area contributed by atoms with E-state index >= 15 is 0 Å². The van der Waals surface area contributed by atoms with Gasteiger partial charge in [0.25, 0.3) is 17.3 Å². The van der Waals surface area contributed by atoms with Crippen molar-refractivity contribution in [1.29, 1.82) is 0 Å². The minimum Gasteiger partial charge on any atom is -0.478 e. The maximum absolute atomic E-state index is 13.0. The molecule has 0 aliphatic carbocycles. The number of urea groups is 1. The lowest BCUT2D eigenvalue weighted by atomic mass is 10.2. The van der Waals surface area contributed by atoms with Gasteiger partial charge in [0.05, 0.1) is 40.1 Å². The Morgan fingerprint density at radius 1 is 1.00 bits per heavy atom. The van der Waals surface area contributed by atoms with Crippen LogP contribution < -0.4 is 14.5 Å². The number of methoxy groups -OCH3 is 1. The lowest BCUT2D eigenvalue weighted by Gasteiger charge is -2.37. The number of nitrogens with zero attached hydrogens (tertiary/aromatic N) is 7. The summed E-state index contributed by atoms with van der Waals surface area (Å²) in [4.78, 5) is 47.5. The molecule has 13 heteroatoms. The van der Waals surface area contributed by atoms with Crippen molar-refractivity contribution >= 4 is 28.9 Å². The van der Waals surface area contributed by atoms with Crippen LogP contribution in [-0.2, 0) is 0 Å². The van der Waals surface area contributed by atoms with Crippen LogP contribution >= 0.6 is 0 Å². The fraction of sp³-hybridized carbons (Fsp3) is 0.421. The van der Waals surface area contributed by atoms with Gasteiger partial charge in [-0.05, 0) is 13.8 Å². The number of aryl methyl sites for hydroxylation is 2. The minimum atomic E-state index is -0.663. The maximum atomic E-state index is 13.0. The molecule has 0 bridgehead atoms. The van der Waals surface area contributed by atoms with Gasteiger partial charge in [0.15, 0.2) is 5.82 Å². The summed E-state index contributed by atoms with van der Waals surface area (Å²) < 4.78 is 5.27. The molecule has 1 fully saturated rings. The number of carbonyl (C=O) groups excluding carboxylic acids is 1. The monoisotopic (exact) mass is 445 g/mol. The highest BCUT2D eigenvalue weighted by Crippen LogP contribution is 2.30. The van der Waals surface area contributed by atoms with Crippen molar-refractivity contribution in [1.82, 2.24) is 14.9 Å². The summed E-state index contributed by atoms with van der Waals surface area (Å²) in [6, 6.07) is 3.22. The molecule has 32 heavy (non-hydrogen) atoms. The van der Waals surface area contributed by atoms with E-state index in [1.807, 2.05) is 0 Å². The van der Waals surface area contributed by atoms with Crippen molar-refractivity contribution in [3.63, 3.8) is 0 Å². The number of non-ortho nitro benzene ring substituents is 2. The van der Waals surface area contributed by atoms with Gasteiger partial charge < -0.3 is 14.5 Å². The first-order chi connectivity index (χ1) is 15.1. The Hall–Kier alpha value is -4.03. The van der Waals surface area contributed by atoms with E-state index in [1.165, 1.54) is 24.1 Å². The highest BCUT2D eigenvalue weighted by atomic mass is 16.6. The number of carbonyl (C=O) groups is 1. The van der Waals surface area contributed by atoms with Crippen molar-refractivity contribution in [3.05, 3.63) is 49.8 Å². The van der Waals surface area contributed by atoms with Crippen LogP contribution in [0.1, 0.15) is 11.4 Å². The Labute approximate surface area is 183 Å². The van der Waals surface area contributed by atoms with Crippen molar-refractivity contribution in [2.75, 3.05) is 50.1 Å². The molecule has 13 nitrogen and oxygen atoms in total. The zero-order valence-electron chi connectivity index (χ0n) is 18.1. The highest BCUT2D eigenvalue weighted by molar-refractivity contribution is 5.91. The number of piperazine rings is 1. The van der Waals surface area contributed by atoms with E-state index in [2.05, 4.69) is 9.97 Å². The molecule has 170 valence electrons. The number of benzene rings is 1. The van der Waals surface area contributed by atoms with E-state index < -0.39 is 9.85 Å². The van der Waals surface area contributed by atoms with Gasteiger partial charge in [-0.15, -0.1) is 0 Å². The molecule has 1 aliphatic rings. The Kier molecular flexibility index (Phi) is 6.37. The van der Waals surface area contributed by atoms with E-state index in [0.717, 1.165) is 6.07 Å². The predicted octanol–water partition coefficient (Wildman–Crippen LogP) is 2.30. The molecule has 2 amide bonds. The van der Waals surface area contributed by atoms with Crippen LogP contribution in [0.15, 0.2) is 18.2 Å². The van der Waals surface area contributed by atoms with Gasteiger partial charge in [0.2, 0.25) is 0 Å². The number of ether oxygens (including phenoxy) is 1. The fourth-order valence-corrected chi connectivity index (χ4v) is 3.36. The van der Waals surface area contributed by atoms with E-state index in [4.69, 9.17) is 4.74 Å². The topological polar surface area (TPSA) is 148 Å². The molecule has 1 aliphatic heterocycles. The molecule has 1 aromatic carbocycles. The van der Waals surface area contributed by atoms with Gasteiger partial charge in [0.1, 0.15) is 0 Å². The molecular weight excluding hydrogens is 422 g/mol. The van der Waals surface area contributed by atoms with Crippen LogP contribution in [0, 0.1) is 34.1 Å². The summed E-state index contributed by atoms with van der Waals surface area (Å²) in [5.74, 6) is 0.545. The molecule has 1 saturated heterocycles. The van der Waals surface area contributed by atoms with E-state index in [0.29, 0.717) is 49.1 Å². The summed E-state index contributed by atoms with van der Waals surface area (Å²) in [6.45, 7) is 4.94. The van der Waals surface area contributed by atoms with Gasteiger partial charge in [-0.25, -0.2) is 14.8 Å². The number of amides is 2. The average molecular weight is 445 g/mol. The van der Waals surface area contributed by atoms with Gasteiger partial charge in [0, 0.05) is 45.4 Å². The first-order valence-corrected chi connectivity index (χ1v) is 9.73. The fourth-order valence-electron chi connectivity index (χ4n) is 3.36. The second kappa shape index (κ2) is 8.99. The quantitative estimate of drug-likeness (QED) is 0.499. The lowest BCUT2D eigenvalue weighted by molar-refractivity contribution is -0.394. The van der Waals surface area contributed by atoms with Crippen LogP contribution in [0.5, 0.6) is 5.88 Å². The number of rotatable bonds is 5. The molecule has 1 aromatic heterocycles. The number of hydrogen-bond acceptors (Lipinski definition) is 9. The van der Waals surface area contributed by atoms with Crippen LogP contribution in [0.25, 0.3) is 0 Å². The largest absolute Gasteiger partial charge is 0.478 e. The summed E-state index contributed by atoms with van der Waals surface area (Å²) >= 11 is 0. The zero-order valence-corrected chi connectivity index (χ0v) is 18.1. The Bertz CT molecular complexity index is 1040. The maximum Gasteiger partial charge on any atom is 0.325 e. The third-order valence-corrected chi connectivity index (χ3v) is 5.28. The van der Waals surface area contributed by atoms with Gasteiger partial charge in [-0.3, -0.25) is 25.1 Å². The average Bonchev–Trinajstić information content (AvgIpc) is 2.79. The van der Waals surface area contributed by atoms with E-state index in [-0.39, 0.29) is 23.3 Å². The van der Waals surface area contributed by atoms with Gasteiger partial charge in [-0.2, -0.15) is 0 Å². The van der Waals surface area contributed by atoms with Crippen molar-refractivity contribution in [3.8, 4) is 5.88 Å². The summed E-state index contributed by atoms with van der Waals surface area (Å²) in [6.07, 6.45) is 0. The van der Waals surface area contributed by atoms with Crippen molar-refractivity contribution in [2.24, 2.45) is 0 Å². The van der Waals surface area contributed by atoms with Crippen molar-refractivity contribution in [2.45, 2.75) is 13.8 Å². The molecule has 3 rings (SSSR count). The third kappa shape index (κ3) is 4.50. The predicted molar refractivity (Wildman–Crippen MR) is 115 cm³/mol. The number of nitro benzene ring substituents is 2. The molecule has 2 aromatic rings. The second-order valence-electron chi connectivity index (χ2n) is 7.26. The lowest BCUT2D eigenvalue weighted by Crippen LogP contribution is -2.52. The first kappa shape index (κ1) is 22.7.